The first-order chi connectivity index (χ1) is 8.90. The maximum Gasteiger partial charge on any atom is 0.310 e. The lowest BCUT2D eigenvalue weighted by Gasteiger charge is -2.06. The highest BCUT2D eigenvalue weighted by atomic mass is 19.3. The zero-order valence-electron chi connectivity index (χ0n) is 9.59. The first-order valence-corrected chi connectivity index (χ1v) is 4.84. The summed E-state index contributed by atoms with van der Waals surface area (Å²) >= 11 is 0. The Balaban J connectivity index is 3.46. The average Bonchev–Trinajstić information content (AvgIpc) is 2.37. The molecule has 0 saturated heterocycles. The minimum absolute atomic E-state index is 0.344. The fraction of sp³-hybridized carbons (Fsp3) is 0.300. The molecule has 0 radical (unpaired) electrons. The minimum Gasteiger partial charge on any atom is -0.469 e. The molecule has 0 atom stereocenters. The third-order valence-electron chi connectivity index (χ3n) is 2.20. The van der Waals surface area contributed by atoms with Crippen molar-refractivity contribution in [3.05, 3.63) is 33.1 Å². The Bertz CT molecular complexity index is 569. The van der Waals surface area contributed by atoms with Crippen LogP contribution in [0.5, 0.6) is 0 Å². The van der Waals surface area contributed by atoms with E-state index in [-0.39, 0.29) is 5.56 Å². The van der Waals surface area contributed by atoms with Crippen LogP contribution >= 0.6 is 0 Å². The molecule has 0 bridgehead atoms. The van der Waals surface area contributed by atoms with Crippen molar-refractivity contribution in [3.63, 3.8) is 0 Å². The maximum atomic E-state index is 12.5. The van der Waals surface area contributed by atoms with Gasteiger partial charge in [0.15, 0.2) is 5.69 Å². The van der Waals surface area contributed by atoms with Crippen LogP contribution in [0, 0.1) is 21.4 Å². The summed E-state index contributed by atoms with van der Waals surface area (Å²) in [6.45, 7) is 0. The fourth-order valence-electron chi connectivity index (χ4n) is 1.34. The highest BCUT2D eigenvalue weighted by Gasteiger charge is 2.26. The van der Waals surface area contributed by atoms with Gasteiger partial charge in [0.05, 0.1) is 24.0 Å². The normalized spacial score (nSPS) is 10.1. The van der Waals surface area contributed by atoms with Crippen molar-refractivity contribution in [3.8, 4) is 6.07 Å². The molecule has 1 aromatic heterocycles. The molecular weight excluding hydrogens is 264 g/mol. The average molecular weight is 271 g/mol. The summed E-state index contributed by atoms with van der Waals surface area (Å²) in [5.41, 5.74) is -2.58. The van der Waals surface area contributed by atoms with E-state index in [9.17, 15) is 23.7 Å². The second-order valence-corrected chi connectivity index (χ2v) is 3.32. The van der Waals surface area contributed by atoms with Gasteiger partial charge in [-0.1, -0.05) is 0 Å². The van der Waals surface area contributed by atoms with Crippen molar-refractivity contribution in [2.75, 3.05) is 7.11 Å². The van der Waals surface area contributed by atoms with Crippen LogP contribution in [0.2, 0.25) is 0 Å². The second kappa shape index (κ2) is 5.81. The van der Waals surface area contributed by atoms with Gasteiger partial charge in [-0.05, 0) is 0 Å². The van der Waals surface area contributed by atoms with Crippen molar-refractivity contribution in [2.45, 2.75) is 12.8 Å². The third-order valence-corrected chi connectivity index (χ3v) is 2.20. The predicted molar refractivity (Wildman–Crippen MR) is 56.3 cm³/mol. The van der Waals surface area contributed by atoms with Crippen LogP contribution in [0.15, 0.2) is 6.07 Å². The van der Waals surface area contributed by atoms with Crippen LogP contribution in [0.1, 0.15) is 23.4 Å². The minimum atomic E-state index is -3.06. The van der Waals surface area contributed by atoms with Crippen LogP contribution < -0.4 is 0 Å². The molecule has 1 rings (SSSR count). The van der Waals surface area contributed by atoms with Crippen LogP contribution in [0.4, 0.5) is 14.5 Å². The number of ether oxygens (including phenoxy) is 1. The first-order valence-electron chi connectivity index (χ1n) is 4.84. The molecule has 9 heteroatoms. The number of carbonyl (C=O) groups excluding carboxylic acids is 1. The van der Waals surface area contributed by atoms with Gasteiger partial charge >= 0.3 is 5.97 Å². The molecule has 0 aliphatic rings. The number of rotatable bonds is 4. The van der Waals surface area contributed by atoms with Crippen molar-refractivity contribution in [2.24, 2.45) is 0 Å². The van der Waals surface area contributed by atoms with Crippen molar-refractivity contribution in [1.82, 2.24) is 4.98 Å². The van der Waals surface area contributed by atoms with Crippen LogP contribution in [0.25, 0.3) is 0 Å². The van der Waals surface area contributed by atoms with E-state index in [1.54, 1.807) is 0 Å². The number of hydrogen-bond acceptors (Lipinski definition) is 6. The van der Waals surface area contributed by atoms with Gasteiger partial charge in [0.25, 0.3) is 12.1 Å². The van der Waals surface area contributed by atoms with Gasteiger partial charge in [-0.25, -0.2) is 13.8 Å². The Morgan fingerprint density at radius 1 is 1.68 bits per heavy atom. The molecular formula is C10H7F2N3O4. The summed E-state index contributed by atoms with van der Waals surface area (Å²) < 4.78 is 29.3. The number of aromatic nitrogens is 1. The molecule has 1 aromatic rings. The molecule has 0 unspecified atom stereocenters. The molecule has 19 heavy (non-hydrogen) atoms. The van der Waals surface area contributed by atoms with Gasteiger partial charge in [-0.15, -0.1) is 0 Å². The summed E-state index contributed by atoms with van der Waals surface area (Å²) in [4.78, 5) is 24.3. The first kappa shape index (κ1) is 14.4. The maximum absolute atomic E-state index is 12.5. The van der Waals surface area contributed by atoms with Gasteiger partial charge in [-0.3, -0.25) is 14.9 Å². The Morgan fingerprint density at radius 2 is 2.32 bits per heavy atom. The van der Waals surface area contributed by atoms with Gasteiger partial charge in [0.1, 0.15) is 11.8 Å². The van der Waals surface area contributed by atoms with Crippen molar-refractivity contribution in [1.29, 1.82) is 5.26 Å². The van der Waals surface area contributed by atoms with E-state index in [4.69, 9.17) is 5.26 Å². The van der Waals surface area contributed by atoms with Crippen LogP contribution in [-0.4, -0.2) is 23.0 Å². The van der Waals surface area contributed by atoms with Gasteiger partial charge in [-0.2, -0.15) is 5.26 Å². The predicted octanol–water partition coefficient (Wildman–Crippen LogP) is 1.51. The highest BCUT2D eigenvalue weighted by Crippen LogP contribution is 2.27. The number of carbonyl (C=O) groups is 1. The highest BCUT2D eigenvalue weighted by molar-refractivity contribution is 5.75. The van der Waals surface area contributed by atoms with Gasteiger partial charge < -0.3 is 4.74 Å². The molecule has 0 aliphatic heterocycles. The second-order valence-electron chi connectivity index (χ2n) is 3.32. The quantitative estimate of drug-likeness (QED) is 0.466. The number of nitriles is 1. The summed E-state index contributed by atoms with van der Waals surface area (Å²) in [7, 11) is 1.06. The third kappa shape index (κ3) is 3.19. The molecule has 7 nitrogen and oxygen atoms in total. The topological polar surface area (TPSA) is 106 Å². The number of hydrogen-bond donors (Lipinski definition) is 0. The van der Waals surface area contributed by atoms with Crippen LogP contribution in [0.3, 0.4) is 0 Å². The Labute approximate surface area is 105 Å². The molecule has 0 aliphatic carbocycles. The van der Waals surface area contributed by atoms with Gasteiger partial charge in [0.2, 0.25) is 0 Å². The number of methoxy groups -OCH3 is 1. The lowest BCUT2D eigenvalue weighted by atomic mass is 10.1. The monoisotopic (exact) mass is 271 g/mol. The Morgan fingerprint density at radius 3 is 2.74 bits per heavy atom. The number of nitro groups is 1. The number of pyridine rings is 1. The lowest BCUT2D eigenvalue weighted by molar-refractivity contribution is -0.385. The molecule has 100 valence electrons. The molecule has 0 amide bonds. The molecule has 0 aromatic carbocycles. The standard InChI is InChI=1S/C10H7F2N3O4/c1-19-9(16)2-5-7(4-13)14-6(10(11)12)3-8(5)15(17)18/h3,10H,2H2,1H3. The van der Waals surface area contributed by atoms with E-state index in [1.807, 2.05) is 0 Å². The van der Waals surface area contributed by atoms with E-state index < -0.39 is 40.8 Å². The van der Waals surface area contributed by atoms with Crippen molar-refractivity contribution < 1.29 is 23.2 Å². The van der Waals surface area contributed by atoms with Gasteiger partial charge in [0, 0.05) is 6.07 Å². The molecule has 0 saturated carbocycles. The molecule has 0 fully saturated rings. The summed E-state index contributed by atoms with van der Waals surface area (Å²) in [5, 5.41) is 19.6. The molecule has 0 spiro atoms. The zero-order chi connectivity index (χ0) is 14.6. The lowest BCUT2D eigenvalue weighted by Crippen LogP contribution is -2.11. The SMILES string of the molecule is COC(=O)Cc1c([N+](=O)[O-])cc(C(F)F)nc1C#N. The number of halogens is 2. The fourth-order valence-corrected chi connectivity index (χ4v) is 1.34. The zero-order valence-corrected chi connectivity index (χ0v) is 9.59. The van der Waals surface area contributed by atoms with E-state index in [2.05, 4.69) is 9.72 Å². The van der Waals surface area contributed by atoms with E-state index >= 15 is 0 Å². The number of nitrogens with zero attached hydrogens (tertiary/aromatic N) is 3. The molecule has 1 heterocycles. The van der Waals surface area contributed by atoms with E-state index in [1.165, 1.54) is 6.07 Å². The van der Waals surface area contributed by atoms with Crippen molar-refractivity contribution >= 4 is 11.7 Å². The van der Waals surface area contributed by atoms with Crippen LogP contribution in [-0.2, 0) is 16.0 Å². The smallest absolute Gasteiger partial charge is 0.310 e. The largest absolute Gasteiger partial charge is 0.469 e. The summed E-state index contributed by atoms with van der Waals surface area (Å²) in [6, 6.07) is 2.00. The Kier molecular flexibility index (Phi) is 4.41. The molecule has 0 N–H and O–H groups in total. The summed E-state index contributed by atoms with van der Waals surface area (Å²) in [6.07, 6.45) is -3.65. The Hall–Kier alpha value is -2.63. The van der Waals surface area contributed by atoms with E-state index in [0.29, 0.717) is 6.07 Å². The summed E-state index contributed by atoms with van der Waals surface area (Å²) in [5.74, 6) is -0.841. The number of alkyl halides is 2. The van der Waals surface area contributed by atoms with E-state index in [0.717, 1.165) is 7.11 Å². The number of esters is 1.